The van der Waals surface area contributed by atoms with Crippen LogP contribution in [0.1, 0.15) is 67.5 Å². The second-order valence-electron chi connectivity index (χ2n) is 9.85. The summed E-state index contributed by atoms with van der Waals surface area (Å²) in [4.78, 5) is 34.3. The van der Waals surface area contributed by atoms with Gasteiger partial charge in [0, 0.05) is 36.2 Å². The number of aromatic nitrogens is 1. The number of rotatable bonds is 7. The average Bonchev–Trinajstić information content (AvgIpc) is 3.22. The highest BCUT2D eigenvalue weighted by Crippen LogP contribution is 2.42. The van der Waals surface area contributed by atoms with Crippen LogP contribution in [0, 0.1) is 0 Å². The van der Waals surface area contributed by atoms with Crippen molar-refractivity contribution in [3.63, 3.8) is 0 Å². The summed E-state index contributed by atoms with van der Waals surface area (Å²) in [7, 11) is 0. The van der Waals surface area contributed by atoms with Gasteiger partial charge in [0.05, 0.1) is 12.6 Å². The Kier molecular flexibility index (Phi) is 6.17. The van der Waals surface area contributed by atoms with Gasteiger partial charge in [-0.1, -0.05) is 56.3 Å². The molecule has 34 heavy (non-hydrogen) atoms. The Morgan fingerprint density at radius 2 is 1.79 bits per heavy atom. The third-order valence-corrected chi connectivity index (χ3v) is 7.35. The van der Waals surface area contributed by atoms with E-state index in [1.165, 1.54) is 5.56 Å². The first-order chi connectivity index (χ1) is 16.5. The van der Waals surface area contributed by atoms with Gasteiger partial charge in [0.2, 0.25) is 11.8 Å². The number of aliphatic hydroxyl groups is 1. The number of carbonyl (C=O) groups is 2. The number of piperazine rings is 1. The lowest BCUT2D eigenvalue weighted by atomic mass is 9.85. The number of unbranched alkanes of at least 4 members (excludes halogenated alkanes) is 2. The molecule has 2 aliphatic rings. The first-order valence-corrected chi connectivity index (χ1v) is 12.4. The molecular formula is C28H33N3O3. The fraction of sp³-hybridized carbons (Fsp3) is 0.429. The standard InChI is InChI=1S/C28H33N3O3/c1-18(2)19-10-12-20(13-11-19)27-26-22(21-8-4-5-9-23(21)29-26)16-24-28(34)30(14-6-3-7-15-32)17-25(33)31(24)27/h4-5,8-13,18,24,27,29,32H,3,6-7,14-17H2,1-2H3/t24-,27?/m1/s1. The summed E-state index contributed by atoms with van der Waals surface area (Å²) in [5.74, 6) is 0.451. The fourth-order valence-electron chi connectivity index (χ4n) is 5.51. The number of hydrogen-bond donors (Lipinski definition) is 2. The number of nitrogens with zero attached hydrogens (tertiary/aromatic N) is 2. The monoisotopic (exact) mass is 459 g/mol. The van der Waals surface area contributed by atoms with Crippen molar-refractivity contribution in [1.82, 2.24) is 14.8 Å². The van der Waals surface area contributed by atoms with E-state index in [0.717, 1.165) is 47.0 Å². The zero-order chi connectivity index (χ0) is 23.8. The quantitative estimate of drug-likeness (QED) is 0.522. The van der Waals surface area contributed by atoms with Crippen LogP contribution < -0.4 is 0 Å². The van der Waals surface area contributed by atoms with Gasteiger partial charge in [-0.25, -0.2) is 0 Å². The molecule has 0 saturated carbocycles. The van der Waals surface area contributed by atoms with Crippen molar-refractivity contribution in [1.29, 1.82) is 0 Å². The van der Waals surface area contributed by atoms with Gasteiger partial charge in [0.25, 0.3) is 0 Å². The molecule has 0 aliphatic carbocycles. The maximum Gasteiger partial charge on any atom is 0.246 e. The molecule has 0 radical (unpaired) electrons. The highest BCUT2D eigenvalue weighted by molar-refractivity contribution is 5.97. The number of aromatic amines is 1. The highest BCUT2D eigenvalue weighted by atomic mass is 16.3. The Morgan fingerprint density at radius 3 is 2.53 bits per heavy atom. The summed E-state index contributed by atoms with van der Waals surface area (Å²) in [5.41, 5.74) is 5.48. The molecule has 1 aromatic heterocycles. The van der Waals surface area contributed by atoms with Crippen LogP contribution in [0.3, 0.4) is 0 Å². The van der Waals surface area contributed by atoms with Crippen LogP contribution in [-0.4, -0.2) is 57.4 Å². The molecule has 6 nitrogen and oxygen atoms in total. The van der Waals surface area contributed by atoms with E-state index >= 15 is 0 Å². The van der Waals surface area contributed by atoms with E-state index in [4.69, 9.17) is 5.11 Å². The Morgan fingerprint density at radius 1 is 1.03 bits per heavy atom. The molecule has 1 unspecified atom stereocenters. The number of amides is 2. The molecule has 2 aromatic carbocycles. The minimum atomic E-state index is -0.499. The molecule has 0 spiro atoms. The smallest absolute Gasteiger partial charge is 0.246 e. The highest BCUT2D eigenvalue weighted by Gasteiger charge is 2.48. The summed E-state index contributed by atoms with van der Waals surface area (Å²) in [6.45, 7) is 5.17. The number of H-pyrrole nitrogens is 1. The minimum Gasteiger partial charge on any atom is -0.396 e. The van der Waals surface area contributed by atoms with Gasteiger partial charge in [-0.3, -0.25) is 9.59 Å². The van der Waals surface area contributed by atoms with E-state index < -0.39 is 6.04 Å². The number of hydrogen-bond acceptors (Lipinski definition) is 3. The van der Waals surface area contributed by atoms with Crippen LogP contribution in [-0.2, 0) is 16.0 Å². The summed E-state index contributed by atoms with van der Waals surface area (Å²) >= 11 is 0. The lowest BCUT2D eigenvalue weighted by Crippen LogP contribution is -2.63. The predicted octanol–water partition coefficient (Wildman–Crippen LogP) is 4.14. The maximum absolute atomic E-state index is 13.6. The topological polar surface area (TPSA) is 76.6 Å². The summed E-state index contributed by atoms with van der Waals surface area (Å²) in [6.07, 6.45) is 2.89. The lowest BCUT2D eigenvalue weighted by Gasteiger charge is -2.47. The molecular weight excluding hydrogens is 426 g/mol. The second kappa shape index (κ2) is 9.26. The van der Waals surface area contributed by atoms with Crippen molar-refractivity contribution in [2.24, 2.45) is 0 Å². The largest absolute Gasteiger partial charge is 0.396 e. The van der Waals surface area contributed by atoms with Gasteiger partial charge < -0.3 is 19.9 Å². The predicted molar refractivity (Wildman–Crippen MR) is 133 cm³/mol. The van der Waals surface area contributed by atoms with Gasteiger partial charge in [-0.05, 0) is 47.9 Å². The molecule has 5 rings (SSSR count). The lowest BCUT2D eigenvalue weighted by molar-refractivity contribution is -0.158. The molecule has 1 saturated heterocycles. The van der Waals surface area contributed by atoms with Gasteiger partial charge in [0.1, 0.15) is 6.04 Å². The third-order valence-electron chi connectivity index (χ3n) is 7.35. The van der Waals surface area contributed by atoms with Crippen LogP contribution >= 0.6 is 0 Å². The number of benzene rings is 2. The molecule has 0 bridgehead atoms. The number of carbonyl (C=O) groups excluding carboxylic acids is 2. The average molecular weight is 460 g/mol. The van der Waals surface area contributed by atoms with E-state index in [9.17, 15) is 9.59 Å². The maximum atomic E-state index is 13.6. The van der Waals surface area contributed by atoms with Gasteiger partial charge in [-0.2, -0.15) is 0 Å². The Hall–Kier alpha value is -3.12. The third kappa shape index (κ3) is 3.90. The van der Waals surface area contributed by atoms with Gasteiger partial charge >= 0.3 is 0 Å². The Balaban J connectivity index is 1.55. The van der Waals surface area contributed by atoms with Crippen LogP contribution in [0.4, 0.5) is 0 Å². The fourth-order valence-corrected chi connectivity index (χ4v) is 5.51. The van der Waals surface area contributed by atoms with Crippen LogP contribution in [0.2, 0.25) is 0 Å². The molecule has 2 N–H and O–H groups in total. The zero-order valence-corrected chi connectivity index (χ0v) is 20.0. The molecule has 2 aliphatic heterocycles. The van der Waals surface area contributed by atoms with Crippen molar-refractivity contribution in [2.75, 3.05) is 19.7 Å². The number of aliphatic hydroxyl groups excluding tert-OH is 1. The molecule has 6 heteroatoms. The molecule has 178 valence electrons. The number of fused-ring (bicyclic) bond motifs is 4. The van der Waals surface area contributed by atoms with Crippen molar-refractivity contribution < 1.29 is 14.7 Å². The van der Waals surface area contributed by atoms with Gasteiger partial charge in [-0.15, -0.1) is 0 Å². The molecule has 2 amide bonds. The van der Waals surface area contributed by atoms with Crippen LogP contribution in [0.15, 0.2) is 48.5 Å². The van der Waals surface area contributed by atoms with Crippen molar-refractivity contribution in [3.8, 4) is 0 Å². The van der Waals surface area contributed by atoms with E-state index in [1.807, 2.05) is 17.0 Å². The van der Waals surface area contributed by atoms with Crippen LogP contribution in [0.5, 0.6) is 0 Å². The molecule has 3 heterocycles. The first kappa shape index (κ1) is 22.7. The Labute approximate surface area is 200 Å². The van der Waals surface area contributed by atoms with Crippen molar-refractivity contribution >= 4 is 22.7 Å². The van der Waals surface area contributed by atoms with E-state index in [0.29, 0.717) is 18.9 Å². The molecule has 2 atom stereocenters. The van der Waals surface area contributed by atoms with E-state index in [1.54, 1.807) is 4.90 Å². The normalized spacial score (nSPS) is 20.2. The van der Waals surface area contributed by atoms with Crippen molar-refractivity contribution in [3.05, 3.63) is 70.9 Å². The number of para-hydroxylation sites is 1. The molecule has 1 fully saturated rings. The molecule has 3 aromatic rings. The summed E-state index contributed by atoms with van der Waals surface area (Å²) in [5, 5.41) is 10.2. The van der Waals surface area contributed by atoms with E-state index in [-0.39, 0.29) is 31.0 Å². The first-order valence-electron chi connectivity index (χ1n) is 12.4. The second-order valence-corrected chi connectivity index (χ2v) is 9.85. The van der Waals surface area contributed by atoms with Crippen LogP contribution in [0.25, 0.3) is 10.9 Å². The van der Waals surface area contributed by atoms with Crippen molar-refractivity contribution in [2.45, 2.75) is 57.5 Å². The number of nitrogens with one attached hydrogen (secondary N) is 1. The zero-order valence-electron chi connectivity index (χ0n) is 20.0. The minimum absolute atomic E-state index is 0.00556. The van der Waals surface area contributed by atoms with Gasteiger partial charge in [0.15, 0.2) is 0 Å². The Bertz CT molecular complexity index is 1200. The SMILES string of the molecule is CC(C)c1ccc(C2c3[nH]c4ccccc4c3C[C@@H]3C(=O)N(CCCCCO)CC(=O)N23)cc1. The van der Waals surface area contributed by atoms with E-state index in [2.05, 4.69) is 55.2 Å². The summed E-state index contributed by atoms with van der Waals surface area (Å²) in [6, 6.07) is 15.9. The summed E-state index contributed by atoms with van der Waals surface area (Å²) < 4.78 is 0.